The van der Waals surface area contributed by atoms with Gasteiger partial charge in [-0.2, -0.15) is 0 Å². The minimum Gasteiger partial charge on any atom is -0.481 e. The number of carboxylic acid groups (broad SMARTS) is 2. The van der Waals surface area contributed by atoms with E-state index in [-0.39, 0.29) is 0 Å². The lowest BCUT2D eigenvalue weighted by atomic mass is 10.6. The van der Waals surface area contributed by atoms with Crippen molar-refractivity contribution < 1.29 is 19.8 Å². The molecule has 2 N–H and O–H groups in total. The SMILES string of the molecule is CC(=O)O.CC(=O)O.CCC(Cl)(Cl)Cl. The van der Waals surface area contributed by atoms with E-state index in [9.17, 15) is 0 Å². The Morgan fingerprint density at radius 2 is 1.14 bits per heavy atom. The molecular weight excluding hydrogens is 254 g/mol. The first-order valence-corrected chi connectivity index (χ1v) is 4.62. The molecule has 0 amide bonds. The Bertz CT molecular complexity index is 145. The minimum atomic E-state index is -1.04. The van der Waals surface area contributed by atoms with E-state index in [0.717, 1.165) is 13.8 Å². The molecule has 0 saturated heterocycles. The van der Waals surface area contributed by atoms with E-state index in [1.165, 1.54) is 0 Å². The lowest BCUT2D eigenvalue weighted by molar-refractivity contribution is -0.135. The Labute approximate surface area is 97.8 Å². The van der Waals surface area contributed by atoms with Gasteiger partial charge in [-0.05, 0) is 6.42 Å². The number of hydrogen-bond acceptors (Lipinski definition) is 2. The van der Waals surface area contributed by atoms with Crippen molar-refractivity contribution in [2.75, 3.05) is 0 Å². The van der Waals surface area contributed by atoms with Crippen molar-refractivity contribution in [2.24, 2.45) is 0 Å². The van der Waals surface area contributed by atoms with Gasteiger partial charge < -0.3 is 10.2 Å². The normalized spacial score (nSPS) is 8.71. The standard InChI is InChI=1S/C3H5Cl3.2C2H4O2/c1-2-3(4,5)6;2*1-2(3)4/h2H2,1H3;2*1H3,(H,3,4). The number of carboxylic acids is 2. The van der Waals surface area contributed by atoms with Crippen molar-refractivity contribution in [3.05, 3.63) is 0 Å². The molecule has 0 aliphatic carbocycles. The highest BCUT2D eigenvalue weighted by atomic mass is 35.6. The quantitative estimate of drug-likeness (QED) is 0.662. The Morgan fingerprint density at radius 1 is 1.07 bits per heavy atom. The molecule has 0 aliphatic rings. The smallest absolute Gasteiger partial charge is 0.300 e. The predicted molar refractivity (Wildman–Crippen MR) is 57.2 cm³/mol. The first-order valence-electron chi connectivity index (χ1n) is 3.48. The molecule has 0 radical (unpaired) electrons. The number of rotatable bonds is 0. The summed E-state index contributed by atoms with van der Waals surface area (Å²) in [5.74, 6) is -1.67. The molecule has 0 heterocycles. The molecule has 0 aromatic rings. The van der Waals surface area contributed by atoms with Crippen LogP contribution in [0.2, 0.25) is 0 Å². The van der Waals surface area contributed by atoms with Crippen LogP contribution in [0.1, 0.15) is 27.2 Å². The van der Waals surface area contributed by atoms with E-state index < -0.39 is 15.7 Å². The number of alkyl halides is 3. The molecule has 4 nitrogen and oxygen atoms in total. The van der Waals surface area contributed by atoms with Gasteiger partial charge in [-0.15, -0.1) is 0 Å². The second kappa shape index (κ2) is 10.9. The summed E-state index contributed by atoms with van der Waals surface area (Å²) in [6, 6.07) is 0. The van der Waals surface area contributed by atoms with Gasteiger partial charge >= 0.3 is 0 Å². The van der Waals surface area contributed by atoms with Crippen LogP contribution in [0.15, 0.2) is 0 Å². The van der Waals surface area contributed by atoms with E-state index in [1.807, 2.05) is 6.92 Å². The van der Waals surface area contributed by atoms with E-state index in [4.69, 9.17) is 54.6 Å². The zero-order chi connectivity index (χ0) is 12.4. The predicted octanol–water partition coefficient (Wildman–Crippen LogP) is 2.95. The first-order chi connectivity index (χ1) is 6.02. The van der Waals surface area contributed by atoms with E-state index in [1.54, 1.807) is 0 Å². The average molecular weight is 268 g/mol. The summed E-state index contributed by atoms with van der Waals surface area (Å²) < 4.78 is -1.04. The monoisotopic (exact) mass is 266 g/mol. The number of aliphatic carboxylic acids is 2. The summed E-state index contributed by atoms with van der Waals surface area (Å²) in [7, 11) is 0. The molecule has 86 valence electrons. The maximum Gasteiger partial charge on any atom is 0.300 e. The summed E-state index contributed by atoms with van der Waals surface area (Å²) in [6.07, 6.45) is 0.567. The van der Waals surface area contributed by atoms with E-state index in [0.29, 0.717) is 6.42 Å². The lowest BCUT2D eigenvalue weighted by Gasteiger charge is -2.02. The van der Waals surface area contributed by atoms with Crippen molar-refractivity contribution in [2.45, 2.75) is 31.0 Å². The van der Waals surface area contributed by atoms with Crippen LogP contribution in [0.3, 0.4) is 0 Å². The lowest BCUT2D eigenvalue weighted by Crippen LogP contribution is -1.95. The Kier molecular flexibility index (Phi) is 15.1. The molecular formula is C7H13Cl3O4. The van der Waals surface area contributed by atoms with Gasteiger partial charge in [-0.1, -0.05) is 41.7 Å². The molecule has 0 atom stereocenters. The van der Waals surface area contributed by atoms with Crippen molar-refractivity contribution in [3.63, 3.8) is 0 Å². The van der Waals surface area contributed by atoms with Crippen LogP contribution in [0.25, 0.3) is 0 Å². The van der Waals surface area contributed by atoms with Gasteiger partial charge in [-0.3, -0.25) is 9.59 Å². The Morgan fingerprint density at radius 3 is 1.14 bits per heavy atom. The van der Waals surface area contributed by atoms with E-state index >= 15 is 0 Å². The number of halogens is 3. The molecule has 0 aliphatic heterocycles. The van der Waals surface area contributed by atoms with Gasteiger partial charge in [0.1, 0.15) is 0 Å². The van der Waals surface area contributed by atoms with Gasteiger partial charge in [-0.25, -0.2) is 0 Å². The zero-order valence-electron chi connectivity index (χ0n) is 8.05. The van der Waals surface area contributed by atoms with Crippen molar-refractivity contribution in [1.29, 1.82) is 0 Å². The fourth-order valence-corrected chi connectivity index (χ4v) is 0. The van der Waals surface area contributed by atoms with Crippen LogP contribution < -0.4 is 0 Å². The topological polar surface area (TPSA) is 74.6 Å². The van der Waals surface area contributed by atoms with Crippen LogP contribution >= 0.6 is 34.8 Å². The van der Waals surface area contributed by atoms with Crippen LogP contribution in [-0.4, -0.2) is 25.9 Å². The molecule has 7 heteroatoms. The summed E-state index contributed by atoms with van der Waals surface area (Å²) in [6.45, 7) is 3.98. The molecule has 14 heavy (non-hydrogen) atoms. The maximum absolute atomic E-state index is 9.00. The van der Waals surface area contributed by atoms with Crippen LogP contribution in [-0.2, 0) is 9.59 Å². The van der Waals surface area contributed by atoms with Gasteiger partial charge in [0.05, 0.1) is 0 Å². The summed E-state index contributed by atoms with van der Waals surface area (Å²) in [4.78, 5) is 18.0. The van der Waals surface area contributed by atoms with Gasteiger partial charge in [0.15, 0.2) is 3.79 Å². The fourth-order valence-electron chi connectivity index (χ4n) is 0. The summed E-state index contributed by atoms with van der Waals surface area (Å²) in [5.41, 5.74) is 0. The third-order valence-corrected chi connectivity index (χ3v) is 1.20. The molecule has 0 spiro atoms. The van der Waals surface area contributed by atoms with Crippen LogP contribution in [0, 0.1) is 0 Å². The first kappa shape index (κ1) is 19.4. The molecule has 0 bridgehead atoms. The fraction of sp³-hybridized carbons (Fsp3) is 0.714. The van der Waals surface area contributed by atoms with Crippen molar-refractivity contribution >= 4 is 46.7 Å². The van der Waals surface area contributed by atoms with Crippen LogP contribution in [0.5, 0.6) is 0 Å². The molecule has 0 fully saturated rings. The largest absolute Gasteiger partial charge is 0.481 e. The highest BCUT2D eigenvalue weighted by Gasteiger charge is 2.14. The van der Waals surface area contributed by atoms with Crippen LogP contribution in [0.4, 0.5) is 0 Å². The summed E-state index contributed by atoms with van der Waals surface area (Å²) in [5, 5.41) is 14.8. The second-order valence-electron chi connectivity index (χ2n) is 2.01. The Hall–Kier alpha value is -0.190. The number of hydrogen-bond donors (Lipinski definition) is 2. The highest BCUT2D eigenvalue weighted by Crippen LogP contribution is 2.28. The molecule has 0 aromatic carbocycles. The van der Waals surface area contributed by atoms with E-state index in [2.05, 4.69) is 0 Å². The third-order valence-electron chi connectivity index (χ3n) is 0.401. The second-order valence-corrected chi connectivity index (χ2v) is 4.52. The molecule has 0 aromatic heterocycles. The van der Waals surface area contributed by atoms with Crippen molar-refractivity contribution in [3.8, 4) is 0 Å². The van der Waals surface area contributed by atoms with Gasteiger partial charge in [0, 0.05) is 13.8 Å². The molecule has 0 rings (SSSR count). The summed E-state index contributed by atoms with van der Waals surface area (Å²) >= 11 is 15.7. The Balaban J connectivity index is -0.000000135. The maximum atomic E-state index is 9.00. The van der Waals surface area contributed by atoms with Gasteiger partial charge in [0.2, 0.25) is 0 Å². The zero-order valence-corrected chi connectivity index (χ0v) is 10.3. The minimum absolute atomic E-state index is 0.567. The molecule has 0 unspecified atom stereocenters. The molecule has 0 saturated carbocycles. The third kappa shape index (κ3) is 175. The highest BCUT2D eigenvalue weighted by molar-refractivity contribution is 6.67. The average Bonchev–Trinajstić information content (AvgIpc) is 1.83. The van der Waals surface area contributed by atoms with Crippen molar-refractivity contribution in [1.82, 2.24) is 0 Å². The van der Waals surface area contributed by atoms with Gasteiger partial charge in [0.25, 0.3) is 11.9 Å². The number of carbonyl (C=O) groups is 2.